The van der Waals surface area contributed by atoms with Gasteiger partial charge < -0.3 is 9.88 Å². The monoisotopic (exact) mass is 339 g/mol. The smallest absolute Gasteiger partial charge is 0.261 e. The van der Waals surface area contributed by atoms with E-state index in [9.17, 15) is 4.79 Å². The van der Waals surface area contributed by atoms with E-state index in [1.807, 2.05) is 30.5 Å². The molecule has 0 atom stereocenters. The van der Waals surface area contributed by atoms with Gasteiger partial charge in [-0.05, 0) is 24.1 Å². The van der Waals surface area contributed by atoms with E-state index in [1.165, 1.54) is 0 Å². The second-order valence-electron chi connectivity index (χ2n) is 5.64. The number of carbonyl (C=O) groups excluding carboxylic acids is 1. The minimum Gasteiger partial charge on any atom is -0.350 e. The molecule has 0 saturated carbocycles. The molecule has 1 amide bonds. The Bertz CT molecular complexity index is 820. The summed E-state index contributed by atoms with van der Waals surface area (Å²) in [6.45, 7) is 5.47. The summed E-state index contributed by atoms with van der Waals surface area (Å²) in [7, 11) is 0. The van der Waals surface area contributed by atoms with Crippen LogP contribution in [0.3, 0.4) is 0 Å². The van der Waals surface area contributed by atoms with Crippen molar-refractivity contribution in [3.8, 4) is 10.4 Å². The number of nitrogens with one attached hydrogen (secondary N) is 1. The van der Waals surface area contributed by atoms with Crippen LogP contribution in [0.4, 0.5) is 0 Å². The molecular weight excluding hydrogens is 318 g/mol. The van der Waals surface area contributed by atoms with Crippen molar-refractivity contribution in [2.75, 3.05) is 6.54 Å². The van der Waals surface area contributed by atoms with Crippen molar-refractivity contribution in [2.24, 2.45) is 0 Å². The van der Waals surface area contributed by atoms with Gasteiger partial charge in [-0.2, -0.15) is 0 Å². The highest BCUT2D eigenvalue weighted by Crippen LogP contribution is 2.32. The summed E-state index contributed by atoms with van der Waals surface area (Å²) in [6.07, 6.45) is 4.65. The number of benzene rings is 1. The van der Waals surface area contributed by atoms with Gasteiger partial charge in [-0.1, -0.05) is 37.3 Å². The Hall–Kier alpha value is -2.40. The maximum absolute atomic E-state index is 12.4. The fraction of sp³-hybridized carbons (Fsp3) is 0.263. The molecule has 124 valence electrons. The predicted molar refractivity (Wildman–Crippen MR) is 98.4 cm³/mol. The number of hydrogen-bond acceptors (Lipinski definition) is 3. The second-order valence-corrected chi connectivity index (χ2v) is 6.69. The lowest BCUT2D eigenvalue weighted by Crippen LogP contribution is -2.26. The molecule has 0 aliphatic carbocycles. The molecule has 24 heavy (non-hydrogen) atoms. The summed E-state index contributed by atoms with van der Waals surface area (Å²) in [4.78, 5) is 18.6. The maximum atomic E-state index is 12.4. The molecule has 1 N–H and O–H groups in total. The zero-order chi connectivity index (χ0) is 16.9. The molecule has 0 aliphatic rings. The van der Waals surface area contributed by atoms with Crippen LogP contribution in [-0.2, 0) is 13.0 Å². The van der Waals surface area contributed by atoms with Gasteiger partial charge in [0.2, 0.25) is 0 Å². The molecule has 4 nitrogen and oxygen atoms in total. The first-order valence-electron chi connectivity index (χ1n) is 8.13. The van der Waals surface area contributed by atoms with E-state index in [0.29, 0.717) is 6.54 Å². The molecule has 2 aromatic heterocycles. The Balaban J connectivity index is 1.64. The van der Waals surface area contributed by atoms with Gasteiger partial charge in [-0.15, -0.1) is 11.3 Å². The van der Waals surface area contributed by atoms with Crippen molar-refractivity contribution in [1.82, 2.24) is 14.9 Å². The van der Waals surface area contributed by atoms with Gasteiger partial charge in [0.15, 0.2) is 0 Å². The van der Waals surface area contributed by atoms with Gasteiger partial charge >= 0.3 is 0 Å². The maximum Gasteiger partial charge on any atom is 0.261 e. The molecule has 0 unspecified atom stereocenters. The summed E-state index contributed by atoms with van der Waals surface area (Å²) < 4.78 is 2.08. The van der Waals surface area contributed by atoms with Crippen molar-refractivity contribution in [1.29, 1.82) is 0 Å². The van der Waals surface area contributed by atoms with Crippen molar-refractivity contribution in [2.45, 2.75) is 26.8 Å². The largest absolute Gasteiger partial charge is 0.350 e. The lowest BCUT2D eigenvalue weighted by Gasteiger charge is -2.07. The highest BCUT2D eigenvalue weighted by molar-refractivity contribution is 7.17. The first-order valence-corrected chi connectivity index (χ1v) is 8.94. The number of imidazole rings is 1. The summed E-state index contributed by atoms with van der Waals surface area (Å²) in [5.41, 5.74) is 2.30. The van der Waals surface area contributed by atoms with Gasteiger partial charge in [-0.3, -0.25) is 4.79 Å². The average molecular weight is 339 g/mol. The molecule has 0 radical (unpaired) electrons. The molecule has 5 heteroatoms. The van der Waals surface area contributed by atoms with Crippen molar-refractivity contribution in [3.63, 3.8) is 0 Å². The Morgan fingerprint density at radius 3 is 2.83 bits per heavy atom. The quantitative estimate of drug-likeness (QED) is 0.740. The molecule has 0 spiro atoms. The molecule has 3 aromatic rings. The number of thiophene rings is 1. The Labute approximate surface area is 146 Å². The Morgan fingerprint density at radius 2 is 2.08 bits per heavy atom. The molecule has 0 bridgehead atoms. The summed E-state index contributed by atoms with van der Waals surface area (Å²) in [6, 6.07) is 12.2. The fourth-order valence-electron chi connectivity index (χ4n) is 2.71. The van der Waals surface area contributed by atoms with Gasteiger partial charge in [0.05, 0.1) is 4.88 Å². The van der Waals surface area contributed by atoms with Gasteiger partial charge in [0, 0.05) is 36.8 Å². The van der Waals surface area contributed by atoms with Gasteiger partial charge in [-0.25, -0.2) is 4.98 Å². The van der Waals surface area contributed by atoms with Crippen LogP contribution >= 0.6 is 11.3 Å². The molecule has 3 rings (SSSR count). The third kappa shape index (κ3) is 3.57. The lowest BCUT2D eigenvalue weighted by molar-refractivity contribution is 0.0956. The minimum atomic E-state index is -0.0107. The molecule has 0 fully saturated rings. The zero-order valence-electron chi connectivity index (χ0n) is 14.0. The van der Waals surface area contributed by atoms with Crippen molar-refractivity contribution in [3.05, 3.63) is 65.1 Å². The van der Waals surface area contributed by atoms with E-state index in [1.54, 1.807) is 17.5 Å². The number of aromatic nitrogens is 2. The van der Waals surface area contributed by atoms with E-state index in [2.05, 4.69) is 40.8 Å². The number of aryl methyl sites for hydroxylation is 2. The molecule has 2 heterocycles. The van der Waals surface area contributed by atoms with Crippen LogP contribution in [0, 0.1) is 6.92 Å². The third-order valence-electron chi connectivity index (χ3n) is 3.93. The normalized spacial score (nSPS) is 10.8. The van der Waals surface area contributed by atoms with Crippen molar-refractivity contribution >= 4 is 17.2 Å². The van der Waals surface area contributed by atoms with Crippen LogP contribution in [0.25, 0.3) is 10.4 Å². The number of nitrogens with zero attached hydrogens (tertiary/aromatic N) is 2. The van der Waals surface area contributed by atoms with Crippen LogP contribution < -0.4 is 5.32 Å². The van der Waals surface area contributed by atoms with Gasteiger partial charge in [0.25, 0.3) is 5.91 Å². The third-order valence-corrected chi connectivity index (χ3v) is 5.22. The first-order chi connectivity index (χ1) is 11.7. The van der Waals surface area contributed by atoms with E-state index in [-0.39, 0.29) is 5.91 Å². The number of rotatable bonds is 6. The summed E-state index contributed by atoms with van der Waals surface area (Å²) in [5, 5.41) is 3.00. The van der Waals surface area contributed by atoms with Gasteiger partial charge in [0.1, 0.15) is 5.82 Å². The fourth-order valence-corrected chi connectivity index (χ4v) is 3.80. The van der Waals surface area contributed by atoms with Crippen LogP contribution in [-0.4, -0.2) is 22.0 Å². The molecule has 1 aromatic carbocycles. The number of hydrogen-bond donors (Lipinski definition) is 1. The van der Waals surface area contributed by atoms with Crippen LogP contribution in [0.2, 0.25) is 0 Å². The highest BCUT2D eigenvalue weighted by Gasteiger charge is 2.13. The van der Waals surface area contributed by atoms with E-state index in [4.69, 9.17) is 0 Å². The van der Waals surface area contributed by atoms with E-state index < -0.39 is 0 Å². The van der Waals surface area contributed by atoms with Crippen LogP contribution in [0.1, 0.15) is 28.0 Å². The molecule has 0 aliphatic heterocycles. The molecule has 0 saturated heterocycles. The van der Waals surface area contributed by atoms with Crippen molar-refractivity contribution < 1.29 is 4.79 Å². The second kappa shape index (κ2) is 7.45. The SMILES string of the molecule is CCc1nccn1CCNC(=O)c1cc(C)c(-c2ccccc2)s1. The van der Waals surface area contributed by atoms with E-state index >= 15 is 0 Å². The summed E-state index contributed by atoms with van der Waals surface area (Å²) in [5.74, 6) is 1.03. The first kappa shape index (κ1) is 16.5. The number of amides is 1. The minimum absolute atomic E-state index is 0.0107. The Morgan fingerprint density at radius 1 is 1.29 bits per heavy atom. The van der Waals surface area contributed by atoms with Crippen LogP contribution in [0.5, 0.6) is 0 Å². The number of carbonyl (C=O) groups is 1. The standard InChI is InChI=1S/C19H21N3OS/c1-3-17-20-9-11-22(17)12-10-21-19(23)16-13-14(2)18(24-16)15-7-5-4-6-8-15/h4-9,11,13H,3,10,12H2,1-2H3,(H,21,23). The zero-order valence-corrected chi connectivity index (χ0v) is 14.8. The Kier molecular flexibility index (Phi) is 5.11. The molecular formula is C19H21N3OS. The average Bonchev–Trinajstić information content (AvgIpc) is 3.22. The topological polar surface area (TPSA) is 46.9 Å². The van der Waals surface area contributed by atoms with Crippen LogP contribution in [0.15, 0.2) is 48.8 Å². The lowest BCUT2D eigenvalue weighted by atomic mass is 10.1. The summed E-state index contributed by atoms with van der Waals surface area (Å²) >= 11 is 1.55. The predicted octanol–water partition coefficient (Wildman–Crippen LogP) is 3.91. The van der Waals surface area contributed by atoms with E-state index in [0.717, 1.165) is 39.7 Å². The highest BCUT2D eigenvalue weighted by atomic mass is 32.1.